The fourth-order valence-corrected chi connectivity index (χ4v) is 2.06. The minimum atomic E-state index is 0.624. The van der Waals surface area contributed by atoms with E-state index in [-0.39, 0.29) is 0 Å². The van der Waals surface area contributed by atoms with Crippen molar-refractivity contribution >= 4 is 5.82 Å². The van der Waals surface area contributed by atoms with E-state index >= 15 is 0 Å². The Kier molecular flexibility index (Phi) is 5.49. The molecular weight excluding hydrogens is 264 g/mol. The van der Waals surface area contributed by atoms with E-state index in [9.17, 15) is 0 Å². The summed E-state index contributed by atoms with van der Waals surface area (Å²) in [4.78, 5) is 13.4. The highest BCUT2D eigenvalue weighted by molar-refractivity contribution is 5.63. The van der Waals surface area contributed by atoms with Gasteiger partial charge in [0.2, 0.25) is 0 Å². The second kappa shape index (κ2) is 7.57. The molecule has 2 aromatic rings. The number of hydrogen-bond acceptors (Lipinski definition) is 5. The molecule has 0 saturated heterocycles. The molecule has 0 aliphatic carbocycles. The number of hydrogen-bond donors (Lipinski definition) is 1. The third-order valence-corrected chi connectivity index (χ3v) is 2.92. The van der Waals surface area contributed by atoms with E-state index in [2.05, 4.69) is 34.1 Å². The zero-order valence-corrected chi connectivity index (χ0v) is 12.9. The predicted octanol–water partition coefficient (Wildman–Crippen LogP) is 3.32. The monoisotopic (exact) mass is 286 g/mol. The number of nitrogens with one attached hydrogen (secondary N) is 1. The molecule has 112 valence electrons. The molecule has 0 spiro atoms. The Bertz CT molecular complexity index is 562. The smallest absolute Gasteiger partial charge is 0.138 e. The van der Waals surface area contributed by atoms with E-state index in [1.165, 1.54) is 0 Å². The number of ether oxygens (including phenoxy) is 1. The summed E-state index contributed by atoms with van der Waals surface area (Å²) in [5, 5.41) is 3.25. The highest BCUT2D eigenvalue weighted by Crippen LogP contribution is 2.23. The van der Waals surface area contributed by atoms with Crippen LogP contribution in [-0.2, 0) is 6.42 Å². The largest absolute Gasteiger partial charge is 0.492 e. The zero-order valence-electron chi connectivity index (χ0n) is 12.9. The third kappa shape index (κ3) is 4.15. The van der Waals surface area contributed by atoms with Crippen molar-refractivity contribution in [2.24, 2.45) is 0 Å². The van der Waals surface area contributed by atoms with Gasteiger partial charge in [0.05, 0.1) is 18.5 Å². The third-order valence-electron chi connectivity index (χ3n) is 2.92. The second-order valence-corrected chi connectivity index (χ2v) is 4.68. The van der Waals surface area contributed by atoms with Crippen molar-refractivity contribution in [3.8, 4) is 17.0 Å². The van der Waals surface area contributed by atoms with Crippen molar-refractivity contribution in [1.82, 2.24) is 15.0 Å². The van der Waals surface area contributed by atoms with Crippen LogP contribution in [0, 0.1) is 0 Å². The fourth-order valence-electron chi connectivity index (χ4n) is 2.06. The van der Waals surface area contributed by atoms with Gasteiger partial charge >= 0.3 is 0 Å². The summed E-state index contributed by atoms with van der Waals surface area (Å²) in [6.07, 6.45) is 5.40. The Morgan fingerprint density at radius 1 is 1.10 bits per heavy atom. The van der Waals surface area contributed by atoms with Gasteiger partial charge in [0.1, 0.15) is 17.4 Å². The molecule has 0 aromatic carbocycles. The SMILES string of the molecule is CCCc1nc(NCC)cc(-c2cncc(OCC)c2)n1. The average molecular weight is 286 g/mol. The normalized spacial score (nSPS) is 10.4. The maximum absolute atomic E-state index is 5.50. The lowest BCUT2D eigenvalue weighted by Gasteiger charge is -2.09. The summed E-state index contributed by atoms with van der Waals surface area (Å²) >= 11 is 0. The van der Waals surface area contributed by atoms with Crippen molar-refractivity contribution in [1.29, 1.82) is 0 Å². The van der Waals surface area contributed by atoms with Crippen LogP contribution in [0.5, 0.6) is 5.75 Å². The summed E-state index contributed by atoms with van der Waals surface area (Å²) < 4.78 is 5.50. The summed E-state index contributed by atoms with van der Waals surface area (Å²) in [5.41, 5.74) is 1.82. The highest BCUT2D eigenvalue weighted by atomic mass is 16.5. The van der Waals surface area contributed by atoms with Gasteiger partial charge in [-0.05, 0) is 26.3 Å². The molecule has 0 aliphatic rings. The van der Waals surface area contributed by atoms with Crippen LogP contribution in [0.2, 0.25) is 0 Å². The Hall–Kier alpha value is -2.17. The first-order chi connectivity index (χ1) is 10.3. The van der Waals surface area contributed by atoms with Gasteiger partial charge in [0.15, 0.2) is 0 Å². The highest BCUT2D eigenvalue weighted by Gasteiger charge is 2.07. The van der Waals surface area contributed by atoms with Gasteiger partial charge in [0, 0.05) is 30.8 Å². The number of anilines is 1. The Labute approximate surface area is 125 Å². The van der Waals surface area contributed by atoms with Gasteiger partial charge in [-0.3, -0.25) is 4.98 Å². The van der Waals surface area contributed by atoms with Crippen molar-refractivity contribution in [3.05, 3.63) is 30.4 Å². The van der Waals surface area contributed by atoms with Gasteiger partial charge in [-0.1, -0.05) is 6.92 Å². The molecule has 0 bridgehead atoms. The first kappa shape index (κ1) is 15.2. The first-order valence-corrected chi connectivity index (χ1v) is 7.46. The van der Waals surface area contributed by atoms with Crippen LogP contribution < -0.4 is 10.1 Å². The molecule has 2 aromatic heterocycles. The molecule has 5 heteroatoms. The van der Waals surface area contributed by atoms with E-state index in [4.69, 9.17) is 4.74 Å². The van der Waals surface area contributed by atoms with Gasteiger partial charge in [0.25, 0.3) is 0 Å². The number of rotatable bonds is 7. The summed E-state index contributed by atoms with van der Waals surface area (Å²) in [5.74, 6) is 2.47. The Morgan fingerprint density at radius 3 is 2.67 bits per heavy atom. The number of aryl methyl sites for hydroxylation is 1. The Morgan fingerprint density at radius 2 is 1.95 bits per heavy atom. The van der Waals surface area contributed by atoms with Crippen LogP contribution in [0.4, 0.5) is 5.82 Å². The molecule has 1 N–H and O–H groups in total. The lowest BCUT2D eigenvalue weighted by molar-refractivity contribution is 0.339. The van der Waals surface area contributed by atoms with Crippen molar-refractivity contribution in [2.45, 2.75) is 33.6 Å². The number of aromatic nitrogens is 3. The van der Waals surface area contributed by atoms with Crippen LogP contribution >= 0.6 is 0 Å². The summed E-state index contributed by atoms with van der Waals surface area (Å²) in [6, 6.07) is 3.92. The first-order valence-electron chi connectivity index (χ1n) is 7.46. The zero-order chi connectivity index (χ0) is 15.1. The van der Waals surface area contributed by atoms with Crippen molar-refractivity contribution < 1.29 is 4.74 Å². The lowest BCUT2D eigenvalue weighted by atomic mass is 10.2. The van der Waals surface area contributed by atoms with Crippen molar-refractivity contribution in [3.63, 3.8) is 0 Å². The minimum Gasteiger partial charge on any atom is -0.492 e. The van der Waals surface area contributed by atoms with E-state index in [1.807, 2.05) is 19.1 Å². The molecule has 0 aliphatic heterocycles. The van der Waals surface area contributed by atoms with Crippen LogP contribution in [-0.4, -0.2) is 28.1 Å². The number of nitrogens with zero attached hydrogens (tertiary/aromatic N) is 3. The molecular formula is C16H22N4O. The van der Waals surface area contributed by atoms with E-state index in [0.717, 1.165) is 48.0 Å². The summed E-state index contributed by atoms with van der Waals surface area (Å²) in [7, 11) is 0. The molecule has 2 heterocycles. The Balaban J connectivity index is 2.38. The molecule has 5 nitrogen and oxygen atoms in total. The topological polar surface area (TPSA) is 59.9 Å². The standard InChI is InChI=1S/C16H22N4O/c1-4-7-15-19-14(9-16(20-15)18-5-2)12-8-13(21-6-3)11-17-10-12/h8-11H,4-7H2,1-3H3,(H,18,19,20). The van der Waals surface area contributed by atoms with Gasteiger partial charge in [-0.15, -0.1) is 0 Å². The van der Waals surface area contributed by atoms with Crippen LogP contribution in [0.15, 0.2) is 24.5 Å². The van der Waals surface area contributed by atoms with Crippen molar-refractivity contribution in [2.75, 3.05) is 18.5 Å². The average Bonchev–Trinajstić information content (AvgIpc) is 2.48. The van der Waals surface area contributed by atoms with Gasteiger partial charge in [-0.2, -0.15) is 0 Å². The minimum absolute atomic E-state index is 0.624. The van der Waals surface area contributed by atoms with E-state index in [1.54, 1.807) is 12.4 Å². The summed E-state index contributed by atoms with van der Waals surface area (Å²) in [6.45, 7) is 7.59. The second-order valence-electron chi connectivity index (χ2n) is 4.68. The molecule has 0 fully saturated rings. The molecule has 21 heavy (non-hydrogen) atoms. The molecule has 0 amide bonds. The van der Waals surface area contributed by atoms with Crippen LogP contribution in [0.25, 0.3) is 11.3 Å². The lowest BCUT2D eigenvalue weighted by Crippen LogP contribution is -2.05. The molecule has 0 unspecified atom stereocenters. The maximum Gasteiger partial charge on any atom is 0.138 e. The van der Waals surface area contributed by atoms with Gasteiger partial charge < -0.3 is 10.1 Å². The quantitative estimate of drug-likeness (QED) is 0.846. The molecule has 0 saturated carbocycles. The molecule has 0 atom stereocenters. The van der Waals surface area contributed by atoms with Crippen LogP contribution in [0.3, 0.4) is 0 Å². The predicted molar refractivity (Wildman–Crippen MR) is 84.6 cm³/mol. The maximum atomic E-state index is 5.50. The number of pyridine rings is 1. The van der Waals surface area contributed by atoms with E-state index < -0.39 is 0 Å². The molecule has 0 radical (unpaired) electrons. The van der Waals surface area contributed by atoms with Gasteiger partial charge in [-0.25, -0.2) is 9.97 Å². The van der Waals surface area contributed by atoms with E-state index in [0.29, 0.717) is 6.61 Å². The fraction of sp³-hybridized carbons (Fsp3) is 0.438. The van der Waals surface area contributed by atoms with Crippen LogP contribution in [0.1, 0.15) is 33.0 Å². The molecule has 2 rings (SSSR count).